The zero-order valence-corrected chi connectivity index (χ0v) is 16.0. The van der Waals surface area contributed by atoms with Gasteiger partial charge in [0, 0.05) is 35.4 Å². The lowest BCUT2D eigenvalue weighted by Gasteiger charge is -2.31. The fourth-order valence-corrected chi connectivity index (χ4v) is 4.28. The summed E-state index contributed by atoms with van der Waals surface area (Å²) in [5.41, 5.74) is 4.80. The summed E-state index contributed by atoms with van der Waals surface area (Å²) >= 11 is 5.84. The summed E-state index contributed by atoms with van der Waals surface area (Å²) in [5, 5.41) is 5.58. The first-order chi connectivity index (χ1) is 12.7. The number of anilines is 1. The Hall–Kier alpha value is -2.33. The first kappa shape index (κ1) is 17.1. The Morgan fingerprint density at radius 3 is 2.77 bits per heavy atom. The normalized spacial score (nSPS) is 14.7. The highest BCUT2D eigenvalue weighted by Crippen LogP contribution is 2.28. The predicted octanol–water partition coefficient (Wildman–Crippen LogP) is 5.62. The van der Waals surface area contributed by atoms with Gasteiger partial charge in [-0.3, -0.25) is 0 Å². The van der Waals surface area contributed by atoms with E-state index in [2.05, 4.69) is 76.9 Å². The molecule has 4 heteroatoms. The number of aromatic amines is 1. The topological polar surface area (TPSA) is 31.1 Å². The molecule has 1 aliphatic rings. The van der Waals surface area contributed by atoms with Gasteiger partial charge in [0.25, 0.3) is 0 Å². The van der Waals surface area contributed by atoms with Gasteiger partial charge in [0.2, 0.25) is 0 Å². The van der Waals surface area contributed by atoms with Crippen molar-refractivity contribution in [3.05, 3.63) is 65.9 Å². The monoisotopic (exact) mass is 363 g/mol. The van der Waals surface area contributed by atoms with E-state index >= 15 is 0 Å². The number of para-hydroxylation sites is 1. The number of nitrogens with zero attached hydrogens (tertiary/aromatic N) is 1. The fraction of sp³-hybridized carbons (Fsp3) is 0.318. The van der Waals surface area contributed by atoms with Crippen molar-refractivity contribution in [2.24, 2.45) is 0 Å². The minimum absolute atomic E-state index is 0.522. The van der Waals surface area contributed by atoms with Crippen LogP contribution in [0.3, 0.4) is 0 Å². The van der Waals surface area contributed by atoms with Gasteiger partial charge in [-0.25, -0.2) is 0 Å². The molecule has 0 amide bonds. The minimum Gasteiger partial charge on any atom is -0.361 e. The van der Waals surface area contributed by atoms with Crippen molar-refractivity contribution in [1.82, 2.24) is 9.88 Å². The maximum absolute atomic E-state index is 5.84. The van der Waals surface area contributed by atoms with Crippen LogP contribution in [0.15, 0.2) is 54.7 Å². The molecule has 1 saturated carbocycles. The van der Waals surface area contributed by atoms with Gasteiger partial charge in [0.15, 0.2) is 5.11 Å². The van der Waals surface area contributed by atoms with Crippen LogP contribution < -0.4 is 5.32 Å². The summed E-state index contributed by atoms with van der Waals surface area (Å²) in [6.07, 6.45) is 7.15. The lowest BCUT2D eigenvalue weighted by atomic mass is 10.1. The predicted molar refractivity (Wildman–Crippen MR) is 113 cm³/mol. The fourth-order valence-electron chi connectivity index (χ4n) is 3.95. The number of hydrogen-bond acceptors (Lipinski definition) is 1. The summed E-state index contributed by atoms with van der Waals surface area (Å²) in [4.78, 5) is 5.78. The van der Waals surface area contributed by atoms with Crippen molar-refractivity contribution >= 4 is 33.9 Å². The van der Waals surface area contributed by atoms with E-state index in [-0.39, 0.29) is 0 Å². The van der Waals surface area contributed by atoms with Crippen LogP contribution in [0.2, 0.25) is 0 Å². The highest BCUT2D eigenvalue weighted by Gasteiger charge is 2.25. The largest absolute Gasteiger partial charge is 0.361 e. The Morgan fingerprint density at radius 1 is 1.15 bits per heavy atom. The number of H-pyrrole nitrogens is 1. The highest BCUT2D eigenvalue weighted by atomic mass is 32.1. The third kappa shape index (κ3) is 3.61. The molecule has 1 heterocycles. The number of rotatable bonds is 4. The molecule has 134 valence electrons. The average molecular weight is 364 g/mol. The van der Waals surface area contributed by atoms with Crippen LogP contribution in [0.5, 0.6) is 0 Å². The second kappa shape index (κ2) is 7.50. The van der Waals surface area contributed by atoms with E-state index in [4.69, 9.17) is 12.2 Å². The molecular weight excluding hydrogens is 338 g/mol. The van der Waals surface area contributed by atoms with E-state index in [0.717, 1.165) is 17.3 Å². The van der Waals surface area contributed by atoms with Crippen LogP contribution in [-0.2, 0) is 6.54 Å². The van der Waals surface area contributed by atoms with Crippen molar-refractivity contribution in [3.8, 4) is 0 Å². The summed E-state index contributed by atoms with van der Waals surface area (Å²) in [6.45, 7) is 2.95. The molecule has 3 nitrogen and oxygen atoms in total. The van der Waals surface area contributed by atoms with E-state index in [1.807, 2.05) is 0 Å². The van der Waals surface area contributed by atoms with E-state index in [1.54, 1.807) is 0 Å². The van der Waals surface area contributed by atoms with Crippen LogP contribution >= 0.6 is 12.2 Å². The van der Waals surface area contributed by atoms with E-state index in [1.165, 1.54) is 47.7 Å². The summed E-state index contributed by atoms with van der Waals surface area (Å²) in [6, 6.07) is 17.4. The van der Waals surface area contributed by atoms with Crippen LogP contribution in [0.4, 0.5) is 5.69 Å². The molecule has 2 N–H and O–H groups in total. The summed E-state index contributed by atoms with van der Waals surface area (Å²) in [5.74, 6) is 0. The van der Waals surface area contributed by atoms with Gasteiger partial charge in [-0.05, 0) is 61.3 Å². The van der Waals surface area contributed by atoms with Gasteiger partial charge in [0.05, 0.1) is 0 Å². The molecule has 26 heavy (non-hydrogen) atoms. The van der Waals surface area contributed by atoms with E-state index < -0.39 is 0 Å². The second-order valence-electron chi connectivity index (χ2n) is 7.23. The van der Waals surface area contributed by atoms with E-state index in [9.17, 15) is 0 Å². The number of thiocarbonyl (C=S) groups is 1. The standard InChI is InChI=1S/C22H25N3S/c1-16-7-6-8-18(13-16)24-22(26)25(19-9-2-3-10-19)15-17-14-23-21-12-5-4-11-20(17)21/h4-8,11-14,19,23H,2-3,9-10,15H2,1H3,(H,24,26). The zero-order chi connectivity index (χ0) is 17.9. The van der Waals surface area contributed by atoms with Gasteiger partial charge in [-0.15, -0.1) is 0 Å². The molecular formula is C22H25N3S. The van der Waals surface area contributed by atoms with Crippen molar-refractivity contribution in [3.63, 3.8) is 0 Å². The Labute approximate surface area is 160 Å². The summed E-state index contributed by atoms with van der Waals surface area (Å²) < 4.78 is 0. The molecule has 1 fully saturated rings. The molecule has 0 spiro atoms. The molecule has 0 saturated heterocycles. The molecule has 0 bridgehead atoms. The second-order valence-corrected chi connectivity index (χ2v) is 7.61. The Bertz CT molecular complexity index is 908. The van der Waals surface area contributed by atoms with Gasteiger partial charge in [-0.1, -0.05) is 43.2 Å². The van der Waals surface area contributed by atoms with Crippen molar-refractivity contribution in [2.45, 2.75) is 45.2 Å². The molecule has 1 aliphatic carbocycles. The quantitative estimate of drug-likeness (QED) is 0.590. The lowest BCUT2D eigenvalue weighted by molar-refractivity contribution is 0.313. The van der Waals surface area contributed by atoms with Gasteiger partial charge in [-0.2, -0.15) is 0 Å². The minimum atomic E-state index is 0.522. The number of benzene rings is 2. The molecule has 4 rings (SSSR count). The molecule has 0 unspecified atom stereocenters. The van der Waals surface area contributed by atoms with Crippen molar-refractivity contribution in [1.29, 1.82) is 0 Å². The third-order valence-corrected chi connectivity index (χ3v) is 5.65. The smallest absolute Gasteiger partial charge is 0.173 e. The van der Waals surface area contributed by atoms with Gasteiger partial charge < -0.3 is 15.2 Å². The maximum Gasteiger partial charge on any atom is 0.173 e. The first-order valence-electron chi connectivity index (χ1n) is 9.40. The maximum atomic E-state index is 5.84. The van der Waals surface area contributed by atoms with E-state index in [0.29, 0.717) is 6.04 Å². The Morgan fingerprint density at radius 2 is 1.96 bits per heavy atom. The lowest BCUT2D eigenvalue weighted by Crippen LogP contribution is -2.40. The van der Waals surface area contributed by atoms with Gasteiger partial charge in [0.1, 0.15) is 0 Å². The molecule has 0 aliphatic heterocycles. The zero-order valence-electron chi connectivity index (χ0n) is 15.2. The van der Waals surface area contributed by atoms with Crippen LogP contribution in [-0.4, -0.2) is 21.0 Å². The first-order valence-corrected chi connectivity index (χ1v) is 9.81. The Balaban J connectivity index is 1.58. The molecule has 0 radical (unpaired) electrons. The number of aromatic nitrogens is 1. The SMILES string of the molecule is Cc1cccc(NC(=S)N(Cc2c[nH]c3ccccc23)C2CCCC2)c1. The van der Waals surface area contributed by atoms with Crippen LogP contribution in [0.25, 0.3) is 10.9 Å². The average Bonchev–Trinajstić information content (AvgIpc) is 3.29. The van der Waals surface area contributed by atoms with Crippen LogP contribution in [0, 0.1) is 6.92 Å². The number of fused-ring (bicyclic) bond motifs is 1. The number of nitrogens with one attached hydrogen (secondary N) is 2. The summed E-state index contributed by atoms with van der Waals surface area (Å²) in [7, 11) is 0. The number of aryl methyl sites for hydroxylation is 1. The Kier molecular flexibility index (Phi) is 4.93. The van der Waals surface area contributed by atoms with Crippen molar-refractivity contribution in [2.75, 3.05) is 5.32 Å². The molecule has 0 atom stereocenters. The molecule has 2 aromatic carbocycles. The van der Waals surface area contributed by atoms with Gasteiger partial charge >= 0.3 is 0 Å². The third-order valence-electron chi connectivity index (χ3n) is 5.31. The van der Waals surface area contributed by atoms with Crippen LogP contribution in [0.1, 0.15) is 36.8 Å². The molecule has 3 aromatic rings. The molecule has 1 aromatic heterocycles. The van der Waals surface area contributed by atoms with Crippen molar-refractivity contribution < 1.29 is 0 Å². The number of hydrogen-bond donors (Lipinski definition) is 2. The highest BCUT2D eigenvalue weighted by molar-refractivity contribution is 7.80.